The summed E-state index contributed by atoms with van der Waals surface area (Å²) in [4.78, 5) is 14.2. The molecular formula is C25H31N3O6S. The van der Waals surface area contributed by atoms with Crippen molar-refractivity contribution in [2.24, 2.45) is 0 Å². The minimum absolute atomic E-state index is 0.0943. The summed E-state index contributed by atoms with van der Waals surface area (Å²) in [5.41, 5.74) is 2.06. The molecule has 0 saturated carbocycles. The fourth-order valence-corrected chi connectivity index (χ4v) is 4.89. The number of rotatable bonds is 10. The molecule has 0 radical (unpaired) electrons. The highest BCUT2D eigenvalue weighted by Gasteiger charge is 2.21. The van der Waals surface area contributed by atoms with Gasteiger partial charge in [0.15, 0.2) is 6.61 Å². The number of nitriles is 1. The molecule has 0 aromatic heterocycles. The van der Waals surface area contributed by atoms with Crippen LogP contribution in [0.4, 0.5) is 0 Å². The van der Waals surface area contributed by atoms with E-state index in [1.165, 1.54) is 25.3 Å². The van der Waals surface area contributed by atoms with E-state index >= 15 is 0 Å². The summed E-state index contributed by atoms with van der Waals surface area (Å²) < 4.78 is 44.7. The lowest BCUT2D eigenvalue weighted by molar-refractivity contribution is -0.137. The summed E-state index contributed by atoms with van der Waals surface area (Å²) in [5, 5.41) is 9.13. The van der Waals surface area contributed by atoms with Crippen LogP contribution in [0.3, 0.4) is 0 Å². The maximum atomic E-state index is 12.9. The molecule has 1 fully saturated rings. The predicted molar refractivity (Wildman–Crippen MR) is 130 cm³/mol. The number of carbonyl (C=O) groups is 1. The Labute approximate surface area is 206 Å². The van der Waals surface area contributed by atoms with Crippen LogP contribution in [-0.4, -0.2) is 65.8 Å². The molecule has 0 unspecified atom stereocenters. The zero-order chi connectivity index (χ0) is 25.4. The Kier molecular flexibility index (Phi) is 9.09. The summed E-state index contributed by atoms with van der Waals surface area (Å²) in [6, 6.07) is 11.9. The maximum Gasteiger partial charge on any atom is 0.260 e. The third-order valence-corrected chi connectivity index (χ3v) is 7.22. The third kappa shape index (κ3) is 6.94. The van der Waals surface area contributed by atoms with E-state index in [2.05, 4.69) is 18.6 Å². The lowest BCUT2D eigenvalue weighted by atomic mass is 10.00. The van der Waals surface area contributed by atoms with Gasteiger partial charge in [-0.15, -0.1) is 0 Å². The van der Waals surface area contributed by atoms with Crippen molar-refractivity contribution in [2.75, 3.05) is 46.6 Å². The van der Waals surface area contributed by atoms with Gasteiger partial charge in [0.05, 0.1) is 32.0 Å². The smallest absolute Gasteiger partial charge is 0.260 e. The average molecular weight is 502 g/mol. The minimum Gasteiger partial charge on any atom is -0.495 e. The molecule has 1 aliphatic rings. The second-order valence-electron chi connectivity index (χ2n) is 8.43. The highest BCUT2D eigenvalue weighted by atomic mass is 32.2. The summed E-state index contributed by atoms with van der Waals surface area (Å²) in [5.74, 6) is 0.864. The van der Waals surface area contributed by atoms with Gasteiger partial charge in [-0.25, -0.2) is 13.1 Å². The van der Waals surface area contributed by atoms with Gasteiger partial charge >= 0.3 is 0 Å². The van der Waals surface area contributed by atoms with Crippen LogP contribution in [0.5, 0.6) is 11.5 Å². The van der Waals surface area contributed by atoms with Gasteiger partial charge in [0, 0.05) is 19.6 Å². The van der Waals surface area contributed by atoms with Crippen LogP contribution in [0, 0.1) is 11.3 Å². The number of amides is 1. The molecule has 10 heteroatoms. The van der Waals surface area contributed by atoms with Gasteiger partial charge in [0.2, 0.25) is 10.0 Å². The zero-order valence-electron chi connectivity index (χ0n) is 20.2. The number of benzene rings is 2. The number of hydrogen-bond acceptors (Lipinski definition) is 7. The van der Waals surface area contributed by atoms with Crippen LogP contribution in [0.2, 0.25) is 0 Å². The van der Waals surface area contributed by atoms with Crippen molar-refractivity contribution in [3.8, 4) is 17.6 Å². The van der Waals surface area contributed by atoms with E-state index in [1.807, 2.05) is 24.3 Å². The lowest BCUT2D eigenvalue weighted by Gasteiger charge is -2.27. The number of hydrogen-bond donors (Lipinski definition) is 1. The average Bonchev–Trinajstić information content (AvgIpc) is 2.87. The number of nitrogens with one attached hydrogen (secondary N) is 1. The van der Waals surface area contributed by atoms with Crippen molar-refractivity contribution < 1.29 is 27.4 Å². The van der Waals surface area contributed by atoms with E-state index in [1.54, 1.807) is 4.90 Å². The molecule has 0 spiro atoms. The van der Waals surface area contributed by atoms with Crippen LogP contribution >= 0.6 is 0 Å². The first-order valence-electron chi connectivity index (χ1n) is 11.4. The second-order valence-corrected chi connectivity index (χ2v) is 10.2. The Morgan fingerprint density at radius 1 is 1.17 bits per heavy atom. The van der Waals surface area contributed by atoms with Crippen LogP contribution in [-0.2, 0) is 26.0 Å². The molecule has 2 aromatic carbocycles. The van der Waals surface area contributed by atoms with Gasteiger partial charge in [-0.05, 0) is 47.7 Å². The molecular weight excluding hydrogens is 470 g/mol. The number of ether oxygens (including phenoxy) is 3. The van der Waals surface area contributed by atoms with Crippen molar-refractivity contribution >= 4 is 15.9 Å². The molecule has 1 saturated heterocycles. The number of morpholine rings is 1. The van der Waals surface area contributed by atoms with Gasteiger partial charge in [0.1, 0.15) is 16.4 Å². The molecule has 3 rings (SSSR count). The number of methoxy groups -OCH3 is 1. The van der Waals surface area contributed by atoms with Crippen molar-refractivity contribution in [2.45, 2.75) is 31.1 Å². The lowest BCUT2D eigenvalue weighted by Crippen LogP contribution is -2.43. The minimum atomic E-state index is -3.92. The van der Waals surface area contributed by atoms with E-state index < -0.39 is 10.0 Å². The van der Waals surface area contributed by atoms with E-state index in [9.17, 15) is 13.2 Å². The molecule has 35 heavy (non-hydrogen) atoms. The van der Waals surface area contributed by atoms with Crippen LogP contribution in [0.25, 0.3) is 0 Å². The van der Waals surface area contributed by atoms with Gasteiger partial charge in [-0.1, -0.05) is 26.0 Å². The molecule has 188 valence electrons. The van der Waals surface area contributed by atoms with Crippen LogP contribution in [0.1, 0.15) is 36.5 Å². The quantitative estimate of drug-likeness (QED) is 0.531. The summed E-state index contributed by atoms with van der Waals surface area (Å²) in [6.45, 7) is 6.24. The molecule has 1 N–H and O–H groups in total. The predicted octanol–water partition coefficient (Wildman–Crippen LogP) is 2.45. The Morgan fingerprint density at radius 3 is 2.57 bits per heavy atom. The molecule has 0 atom stereocenters. The molecule has 0 bridgehead atoms. The van der Waals surface area contributed by atoms with Gasteiger partial charge in [-0.2, -0.15) is 5.26 Å². The first kappa shape index (κ1) is 26.5. The number of sulfonamides is 1. The number of carbonyl (C=O) groups excluding carboxylic acids is 1. The Balaban J connectivity index is 1.71. The Bertz CT molecular complexity index is 1180. The monoisotopic (exact) mass is 501 g/mol. The molecule has 9 nitrogen and oxygen atoms in total. The summed E-state index contributed by atoms with van der Waals surface area (Å²) in [6.07, 6.45) is 0.346. The molecule has 2 aromatic rings. The van der Waals surface area contributed by atoms with Crippen LogP contribution < -0.4 is 14.2 Å². The Hall–Kier alpha value is -3.13. The zero-order valence-corrected chi connectivity index (χ0v) is 21.1. The summed E-state index contributed by atoms with van der Waals surface area (Å²) in [7, 11) is -2.55. The molecule has 0 aliphatic carbocycles. The van der Waals surface area contributed by atoms with Crippen molar-refractivity contribution in [3.05, 3.63) is 53.1 Å². The van der Waals surface area contributed by atoms with Gasteiger partial charge < -0.3 is 19.1 Å². The Morgan fingerprint density at radius 2 is 1.91 bits per heavy atom. The fraction of sp³-hybridized carbons (Fsp3) is 0.440. The molecule has 1 aliphatic heterocycles. The molecule has 1 heterocycles. The first-order chi connectivity index (χ1) is 16.7. The van der Waals surface area contributed by atoms with E-state index in [0.717, 1.165) is 11.1 Å². The van der Waals surface area contributed by atoms with Gasteiger partial charge in [0.25, 0.3) is 5.91 Å². The second kappa shape index (κ2) is 12.0. The normalized spacial score (nSPS) is 14.0. The standard InChI is InChI=1S/C25H31N3O6S/c1-18(2)21-6-5-20(23(15-21)34-17-25(29)28-10-12-33-13-11-28)8-9-27-35(30,31)24-14-19(16-26)4-7-22(24)32-3/h4-7,14-15,18,27H,8-13,17H2,1-3H3. The van der Waals surface area contributed by atoms with Crippen molar-refractivity contribution in [3.63, 3.8) is 0 Å². The highest BCUT2D eigenvalue weighted by molar-refractivity contribution is 7.89. The van der Waals surface area contributed by atoms with E-state index in [-0.39, 0.29) is 41.2 Å². The first-order valence-corrected chi connectivity index (χ1v) is 12.9. The van der Waals surface area contributed by atoms with E-state index in [4.69, 9.17) is 19.5 Å². The van der Waals surface area contributed by atoms with Gasteiger partial charge in [-0.3, -0.25) is 4.79 Å². The molecule has 1 amide bonds. The maximum absolute atomic E-state index is 12.9. The van der Waals surface area contributed by atoms with Crippen LogP contribution in [0.15, 0.2) is 41.3 Å². The third-order valence-electron chi connectivity index (χ3n) is 5.74. The highest BCUT2D eigenvalue weighted by Crippen LogP contribution is 2.27. The SMILES string of the molecule is COc1ccc(C#N)cc1S(=O)(=O)NCCc1ccc(C(C)C)cc1OCC(=O)N1CCOCC1. The summed E-state index contributed by atoms with van der Waals surface area (Å²) >= 11 is 0. The topological polar surface area (TPSA) is 118 Å². The van der Waals surface area contributed by atoms with Crippen molar-refractivity contribution in [1.82, 2.24) is 9.62 Å². The fourth-order valence-electron chi connectivity index (χ4n) is 3.67. The largest absolute Gasteiger partial charge is 0.495 e. The number of nitrogens with zero attached hydrogens (tertiary/aromatic N) is 2. The van der Waals surface area contributed by atoms with E-state index in [0.29, 0.717) is 38.5 Å². The van der Waals surface area contributed by atoms with Crippen molar-refractivity contribution in [1.29, 1.82) is 5.26 Å².